The van der Waals surface area contributed by atoms with E-state index in [0.717, 1.165) is 63.2 Å². The van der Waals surface area contributed by atoms with E-state index in [1.807, 2.05) is 13.0 Å². The summed E-state index contributed by atoms with van der Waals surface area (Å²) in [6.07, 6.45) is 5.21. The fourth-order valence-corrected chi connectivity index (χ4v) is 4.68. The fraction of sp³-hybridized carbons (Fsp3) is 0.739. The number of halogens is 2. The summed E-state index contributed by atoms with van der Waals surface area (Å²) in [6.45, 7) is 11.0. The third-order valence-electron chi connectivity index (χ3n) is 6.99. The minimum atomic E-state index is -0.933. The molecule has 0 spiro atoms. The Kier molecular flexibility index (Phi) is 6.78. The summed E-state index contributed by atoms with van der Waals surface area (Å²) in [7, 11) is 0. The summed E-state index contributed by atoms with van der Waals surface area (Å²) >= 11 is 0. The van der Waals surface area contributed by atoms with Crippen molar-refractivity contribution < 1.29 is 8.78 Å². The Balaban J connectivity index is 1.56. The lowest BCUT2D eigenvalue weighted by atomic mass is 9.89. The number of benzene rings is 1. The molecule has 0 bridgehead atoms. The van der Waals surface area contributed by atoms with Crippen LogP contribution in [-0.2, 0) is 0 Å². The summed E-state index contributed by atoms with van der Waals surface area (Å²) in [5.74, 6) is 0.941. The molecule has 27 heavy (non-hydrogen) atoms. The zero-order valence-corrected chi connectivity index (χ0v) is 17.3. The molecule has 0 saturated carbocycles. The Labute approximate surface area is 163 Å². The van der Waals surface area contributed by atoms with Crippen LogP contribution in [0.25, 0.3) is 0 Å². The Morgan fingerprint density at radius 2 is 1.78 bits per heavy atom. The smallest absolute Gasteiger partial charge is 0.146 e. The Morgan fingerprint density at radius 1 is 1.11 bits per heavy atom. The van der Waals surface area contributed by atoms with Gasteiger partial charge in [0.1, 0.15) is 11.5 Å². The molecular formula is C23H36F2N2. The quantitative estimate of drug-likeness (QED) is 0.620. The van der Waals surface area contributed by atoms with Crippen LogP contribution in [-0.4, -0.2) is 43.3 Å². The fourth-order valence-electron chi connectivity index (χ4n) is 4.68. The predicted molar refractivity (Wildman–Crippen MR) is 110 cm³/mol. The van der Waals surface area contributed by atoms with Crippen LogP contribution in [0.5, 0.6) is 0 Å². The van der Waals surface area contributed by atoms with E-state index in [-0.39, 0.29) is 5.82 Å². The third-order valence-corrected chi connectivity index (χ3v) is 6.99. The molecule has 0 radical (unpaired) electrons. The highest BCUT2D eigenvalue weighted by Gasteiger charge is 2.33. The van der Waals surface area contributed by atoms with Crippen molar-refractivity contribution in [3.63, 3.8) is 0 Å². The van der Waals surface area contributed by atoms with Crippen molar-refractivity contribution in [3.05, 3.63) is 29.6 Å². The maximum Gasteiger partial charge on any atom is 0.146 e. The number of rotatable bonds is 6. The topological polar surface area (TPSA) is 6.48 Å². The lowest BCUT2D eigenvalue weighted by Crippen LogP contribution is -2.45. The molecular weight excluding hydrogens is 342 g/mol. The van der Waals surface area contributed by atoms with E-state index < -0.39 is 5.67 Å². The van der Waals surface area contributed by atoms with Crippen LogP contribution in [0.3, 0.4) is 0 Å². The van der Waals surface area contributed by atoms with Crippen LogP contribution < -0.4 is 4.90 Å². The summed E-state index contributed by atoms with van der Waals surface area (Å²) in [6, 6.07) is 5.52. The highest BCUT2D eigenvalue weighted by Crippen LogP contribution is 2.35. The first kappa shape index (κ1) is 20.6. The van der Waals surface area contributed by atoms with Crippen molar-refractivity contribution >= 4 is 5.69 Å². The summed E-state index contributed by atoms with van der Waals surface area (Å²) < 4.78 is 29.0. The standard InChI is InChI=1S/C23H36F2N2/c1-4-18(3)20-7-6-8-21(24)22(20)27-13-9-19(10-14-27)17-26-15-11-23(25,5-2)12-16-26/h6-8,18-19H,4-5,9-17H2,1-3H3. The molecule has 2 heterocycles. The number of hydrogen-bond acceptors (Lipinski definition) is 2. The lowest BCUT2D eigenvalue weighted by Gasteiger charge is -2.40. The number of likely N-dealkylation sites (tertiary alicyclic amines) is 1. The molecule has 2 aliphatic rings. The zero-order valence-electron chi connectivity index (χ0n) is 17.3. The van der Waals surface area contributed by atoms with Gasteiger partial charge < -0.3 is 9.80 Å². The molecule has 1 aromatic carbocycles. The molecule has 1 unspecified atom stereocenters. The van der Waals surface area contributed by atoms with Crippen molar-refractivity contribution in [3.8, 4) is 0 Å². The molecule has 2 nitrogen and oxygen atoms in total. The average Bonchev–Trinajstić information content (AvgIpc) is 2.70. The number of anilines is 1. The molecule has 2 aliphatic heterocycles. The van der Waals surface area contributed by atoms with E-state index in [4.69, 9.17) is 0 Å². The van der Waals surface area contributed by atoms with Crippen molar-refractivity contribution in [1.82, 2.24) is 4.90 Å². The van der Waals surface area contributed by atoms with E-state index in [2.05, 4.69) is 29.7 Å². The summed E-state index contributed by atoms with van der Waals surface area (Å²) in [5, 5.41) is 0. The molecule has 4 heteroatoms. The second-order valence-corrected chi connectivity index (χ2v) is 8.72. The Hall–Kier alpha value is -1.16. The number of para-hydroxylation sites is 1. The SMILES string of the molecule is CCC(C)c1cccc(F)c1N1CCC(CN2CCC(F)(CC)CC2)CC1. The molecule has 0 aliphatic carbocycles. The molecule has 0 aromatic heterocycles. The summed E-state index contributed by atoms with van der Waals surface area (Å²) in [5.41, 5.74) is 1.04. The molecule has 1 aromatic rings. The van der Waals surface area contributed by atoms with Gasteiger partial charge in [-0.2, -0.15) is 0 Å². The number of hydrogen-bond donors (Lipinski definition) is 0. The molecule has 152 valence electrons. The molecule has 0 amide bonds. The van der Waals surface area contributed by atoms with Crippen LogP contribution in [0, 0.1) is 11.7 Å². The normalized spacial score (nSPS) is 22.8. The van der Waals surface area contributed by atoms with Gasteiger partial charge in [-0.15, -0.1) is 0 Å². The Morgan fingerprint density at radius 3 is 2.37 bits per heavy atom. The van der Waals surface area contributed by atoms with Gasteiger partial charge >= 0.3 is 0 Å². The van der Waals surface area contributed by atoms with Gasteiger partial charge in [0.05, 0.1) is 5.69 Å². The van der Waals surface area contributed by atoms with Gasteiger partial charge in [-0.3, -0.25) is 0 Å². The van der Waals surface area contributed by atoms with Crippen molar-refractivity contribution in [1.29, 1.82) is 0 Å². The zero-order chi connectivity index (χ0) is 19.4. The molecule has 2 fully saturated rings. The van der Waals surface area contributed by atoms with E-state index in [1.54, 1.807) is 6.07 Å². The Bertz CT molecular complexity index is 602. The van der Waals surface area contributed by atoms with E-state index in [1.165, 1.54) is 0 Å². The van der Waals surface area contributed by atoms with E-state index in [0.29, 0.717) is 31.1 Å². The minimum absolute atomic E-state index is 0.0823. The first-order chi connectivity index (χ1) is 13.0. The second kappa shape index (κ2) is 8.89. The van der Waals surface area contributed by atoms with Gasteiger partial charge in [0.2, 0.25) is 0 Å². The number of nitrogens with zero attached hydrogens (tertiary/aromatic N) is 2. The summed E-state index contributed by atoms with van der Waals surface area (Å²) in [4.78, 5) is 4.70. The van der Waals surface area contributed by atoms with Crippen molar-refractivity contribution in [2.45, 2.75) is 70.9 Å². The highest BCUT2D eigenvalue weighted by atomic mass is 19.1. The minimum Gasteiger partial charge on any atom is -0.369 e. The maximum absolute atomic E-state index is 14.6. The molecule has 2 saturated heterocycles. The average molecular weight is 379 g/mol. The van der Waals surface area contributed by atoms with Gasteiger partial charge in [0.15, 0.2) is 0 Å². The highest BCUT2D eigenvalue weighted by molar-refractivity contribution is 5.56. The van der Waals surface area contributed by atoms with Gasteiger partial charge in [-0.25, -0.2) is 8.78 Å². The first-order valence-electron chi connectivity index (χ1n) is 10.9. The van der Waals surface area contributed by atoms with Crippen LogP contribution in [0.2, 0.25) is 0 Å². The monoisotopic (exact) mass is 378 g/mol. The van der Waals surface area contributed by atoms with Crippen molar-refractivity contribution in [2.75, 3.05) is 37.6 Å². The van der Waals surface area contributed by atoms with Crippen molar-refractivity contribution in [2.24, 2.45) is 5.92 Å². The van der Waals surface area contributed by atoms with Crippen LogP contribution >= 0.6 is 0 Å². The van der Waals surface area contributed by atoms with E-state index >= 15 is 0 Å². The second-order valence-electron chi connectivity index (χ2n) is 8.72. The molecule has 1 atom stereocenters. The van der Waals surface area contributed by atoms with Crippen LogP contribution in [0.1, 0.15) is 70.8 Å². The number of alkyl halides is 1. The largest absolute Gasteiger partial charge is 0.369 e. The van der Waals surface area contributed by atoms with Gasteiger partial charge in [0, 0.05) is 32.7 Å². The predicted octanol–water partition coefficient (Wildman–Crippen LogP) is 5.77. The molecule has 3 rings (SSSR count). The number of piperidine rings is 2. The van der Waals surface area contributed by atoms with E-state index in [9.17, 15) is 8.78 Å². The van der Waals surface area contributed by atoms with Gasteiger partial charge in [0.25, 0.3) is 0 Å². The maximum atomic E-state index is 14.6. The lowest BCUT2D eigenvalue weighted by molar-refractivity contribution is 0.0464. The van der Waals surface area contributed by atoms with Crippen LogP contribution in [0.4, 0.5) is 14.5 Å². The van der Waals surface area contributed by atoms with Crippen LogP contribution in [0.15, 0.2) is 18.2 Å². The third kappa shape index (κ3) is 4.82. The van der Waals surface area contributed by atoms with Gasteiger partial charge in [-0.05, 0) is 62.0 Å². The first-order valence-corrected chi connectivity index (χ1v) is 10.9. The molecule has 0 N–H and O–H groups in total. The van der Waals surface area contributed by atoms with Gasteiger partial charge in [-0.1, -0.05) is 32.9 Å².